The maximum Gasteiger partial charge on any atom is 0.0464 e. The fraction of sp³-hybridized carbons (Fsp3) is 0.0800. The van der Waals surface area contributed by atoms with Crippen LogP contribution in [0.4, 0.5) is 34.1 Å². The Hall–Kier alpha value is -6.38. The minimum Gasteiger partial charge on any atom is -0.310 e. The summed E-state index contributed by atoms with van der Waals surface area (Å²) >= 11 is 0. The first kappa shape index (κ1) is 34.1. The van der Waals surface area contributed by atoms with Crippen LogP contribution in [0.3, 0.4) is 0 Å². The number of benzene rings is 7. The third-order valence-corrected chi connectivity index (χ3v) is 9.48. The van der Waals surface area contributed by atoms with E-state index in [2.05, 4.69) is 232 Å². The Bertz CT molecular complexity index is 2130. The average Bonchev–Trinajstić information content (AvgIpc) is 3.17. The quantitative estimate of drug-likeness (QED) is 0.133. The van der Waals surface area contributed by atoms with Gasteiger partial charge in [-0.15, -0.1) is 0 Å². The predicted molar refractivity (Wildman–Crippen MR) is 225 cm³/mol. The van der Waals surface area contributed by atoms with Crippen LogP contribution < -0.4 is 9.80 Å². The minimum absolute atomic E-state index is 1.14. The van der Waals surface area contributed by atoms with Gasteiger partial charge in [-0.1, -0.05) is 132 Å². The van der Waals surface area contributed by atoms with Crippen LogP contribution in [0.2, 0.25) is 0 Å². The molecule has 7 aromatic rings. The van der Waals surface area contributed by atoms with E-state index in [9.17, 15) is 0 Å². The lowest BCUT2D eigenvalue weighted by atomic mass is 10.0. The molecule has 0 saturated heterocycles. The van der Waals surface area contributed by atoms with Crippen molar-refractivity contribution in [3.8, 4) is 0 Å². The lowest BCUT2D eigenvalue weighted by Crippen LogP contribution is -2.10. The van der Waals surface area contributed by atoms with Crippen molar-refractivity contribution in [2.24, 2.45) is 0 Å². The predicted octanol–water partition coefficient (Wildman–Crippen LogP) is 14.2. The zero-order chi connectivity index (χ0) is 35.9. The normalized spacial score (nSPS) is 11.3. The van der Waals surface area contributed by atoms with Crippen LogP contribution >= 0.6 is 0 Å². The molecule has 0 saturated carbocycles. The van der Waals surface area contributed by atoms with Gasteiger partial charge in [-0.3, -0.25) is 0 Å². The maximum absolute atomic E-state index is 2.31. The van der Waals surface area contributed by atoms with Crippen LogP contribution in [0, 0.1) is 27.7 Å². The molecular weight excluding hydrogens is 629 g/mol. The molecule has 0 aliphatic heterocycles. The Balaban J connectivity index is 1.05. The monoisotopic (exact) mass is 672 g/mol. The van der Waals surface area contributed by atoms with Gasteiger partial charge in [0, 0.05) is 34.1 Å². The van der Waals surface area contributed by atoms with Gasteiger partial charge in [-0.05, 0) is 134 Å². The lowest BCUT2D eigenvalue weighted by molar-refractivity contribution is 1.26. The van der Waals surface area contributed by atoms with E-state index in [0.717, 1.165) is 34.1 Å². The standard InChI is InChI=1S/C50H44N2/c1-37-15-29-47(30-16-37)51(45-11-7-5-8-12-45)49-33-27-43(39(3)35-49)25-23-41-19-21-42(22-20-41)24-26-44-28-34-50(36-40(44)4)52(46-13-9-6-10-14-46)48-31-17-38(2)18-32-48/h5-36H,1-4H3. The van der Waals surface area contributed by atoms with Gasteiger partial charge in [-0.25, -0.2) is 0 Å². The number of anilines is 6. The molecule has 2 heteroatoms. The van der Waals surface area contributed by atoms with Crippen LogP contribution in [0.15, 0.2) is 170 Å². The summed E-state index contributed by atoms with van der Waals surface area (Å²) in [4.78, 5) is 4.62. The van der Waals surface area contributed by atoms with Crippen molar-refractivity contribution in [2.45, 2.75) is 27.7 Å². The lowest BCUT2D eigenvalue weighted by Gasteiger charge is -2.26. The Morgan fingerprint density at radius 3 is 0.981 bits per heavy atom. The maximum atomic E-state index is 2.31. The zero-order valence-corrected chi connectivity index (χ0v) is 30.4. The number of aryl methyl sites for hydroxylation is 4. The Morgan fingerprint density at radius 2 is 0.635 bits per heavy atom. The SMILES string of the molecule is Cc1ccc(N(c2ccccc2)c2ccc(C=Cc3ccc(C=Cc4ccc(N(c5ccccc5)c5ccc(C)cc5)cc4C)cc3)c(C)c2)cc1. The number of rotatable bonds is 10. The first-order valence-corrected chi connectivity index (χ1v) is 17.9. The Labute approximate surface area is 309 Å². The summed E-state index contributed by atoms with van der Waals surface area (Å²) in [5.74, 6) is 0. The molecule has 0 heterocycles. The molecule has 52 heavy (non-hydrogen) atoms. The minimum atomic E-state index is 1.14. The van der Waals surface area contributed by atoms with Crippen LogP contribution in [0.5, 0.6) is 0 Å². The van der Waals surface area contributed by atoms with Gasteiger partial charge >= 0.3 is 0 Å². The van der Waals surface area contributed by atoms with Crippen molar-refractivity contribution in [2.75, 3.05) is 9.80 Å². The van der Waals surface area contributed by atoms with E-state index in [1.165, 1.54) is 44.5 Å². The summed E-state index contributed by atoms with van der Waals surface area (Å²) in [6, 6.07) is 60.7. The number of hydrogen-bond acceptors (Lipinski definition) is 2. The summed E-state index contributed by atoms with van der Waals surface area (Å²) in [6.07, 6.45) is 8.81. The van der Waals surface area contributed by atoms with Gasteiger partial charge in [0.15, 0.2) is 0 Å². The number of nitrogens with zero attached hydrogens (tertiary/aromatic N) is 2. The molecule has 0 fully saturated rings. The second-order valence-electron chi connectivity index (χ2n) is 13.4. The highest BCUT2D eigenvalue weighted by molar-refractivity contribution is 5.81. The molecule has 0 N–H and O–H groups in total. The van der Waals surface area contributed by atoms with E-state index >= 15 is 0 Å². The molecule has 0 aromatic heterocycles. The van der Waals surface area contributed by atoms with Gasteiger partial charge in [0.1, 0.15) is 0 Å². The van der Waals surface area contributed by atoms with Crippen molar-refractivity contribution < 1.29 is 0 Å². The summed E-state index contributed by atoms with van der Waals surface area (Å²) < 4.78 is 0. The van der Waals surface area contributed by atoms with Gasteiger partial charge in [0.05, 0.1) is 0 Å². The van der Waals surface area contributed by atoms with Gasteiger partial charge in [0.25, 0.3) is 0 Å². The molecule has 0 radical (unpaired) electrons. The molecule has 0 aliphatic rings. The average molecular weight is 673 g/mol. The highest BCUT2D eigenvalue weighted by atomic mass is 15.1. The topological polar surface area (TPSA) is 6.48 Å². The van der Waals surface area contributed by atoms with Crippen LogP contribution in [0.25, 0.3) is 24.3 Å². The Morgan fingerprint density at radius 1 is 0.308 bits per heavy atom. The van der Waals surface area contributed by atoms with Crippen LogP contribution in [0.1, 0.15) is 44.5 Å². The van der Waals surface area contributed by atoms with E-state index in [-0.39, 0.29) is 0 Å². The highest BCUT2D eigenvalue weighted by Gasteiger charge is 2.14. The van der Waals surface area contributed by atoms with Gasteiger partial charge < -0.3 is 9.80 Å². The van der Waals surface area contributed by atoms with Crippen LogP contribution in [-0.2, 0) is 0 Å². The van der Waals surface area contributed by atoms with Gasteiger partial charge in [-0.2, -0.15) is 0 Å². The smallest absolute Gasteiger partial charge is 0.0464 e. The molecule has 0 atom stereocenters. The molecule has 254 valence electrons. The van der Waals surface area contributed by atoms with E-state index in [1.807, 2.05) is 0 Å². The molecule has 0 amide bonds. The van der Waals surface area contributed by atoms with E-state index in [1.54, 1.807) is 0 Å². The summed E-state index contributed by atoms with van der Waals surface area (Å²) in [5.41, 5.74) is 16.6. The van der Waals surface area contributed by atoms with Crippen molar-refractivity contribution in [3.05, 3.63) is 214 Å². The fourth-order valence-electron chi connectivity index (χ4n) is 6.50. The molecule has 7 aromatic carbocycles. The molecule has 0 bridgehead atoms. The fourth-order valence-corrected chi connectivity index (χ4v) is 6.50. The zero-order valence-electron chi connectivity index (χ0n) is 30.4. The first-order valence-electron chi connectivity index (χ1n) is 17.9. The molecule has 7 rings (SSSR count). The van der Waals surface area contributed by atoms with Crippen molar-refractivity contribution in [1.29, 1.82) is 0 Å². The van der Waals surface area contributed by atoms with Crippen molar-refractivity contribution >= 4 is 58.4 Å². The molecular formula is C50H44N2. The van der Waals surface area contributed by atoms with E-state index in [0.29, 0.717) is 0 Å². The summed E-state index contributed by atoms with van der Waals surface area (Å²) in [5, 5.41) is 0. The molecule has 0 unspecified atom stereocenters. The van der Waals surface area contributed by atoms with E-state index < -0.39 is 0 Å². The highest BCUT2D eigenvalue weighted by Crippen LogP contribution is 2.37. The second-order valence-corrected chi connectivity index (χ2v) is 13.4. The van der Waals surface area contributed by atoms with Gasteiger partial charge in [0.2, 0.25) is 0 Å². The molecule has 2 nitrogen and oxygen atoms in total. The van der Waals surface area contributed by atoms with Crippen molar-refractivity contribution in [3.63, 3.8) is 0 Å². The number of para-hydroxylation sites is 2. The third kappa shape index (κ3) is 7.98. The second kappa shape index (κ2) is 15.7. The number of hydrogen-bond donors (Lipinski definition) is 0. The third-order valence-electron chi connectivity index (χ3n) is 9.48. The summed E-state index contributed by atoms with van der Waals surface area (Å²) in [7, 11) is 0. The first-order chi connectivity index (χ1) is 25.4. The van der Waals surface area contributed by atoms with E-state index in [4.69, 9.17) is 0 Å². The van der Waals surface area contributed by atoms with Crippen molar-refractivity contribution in [1.82, 2.24) is 0 Å². The van der Waals surface area contributed by atoms with Crippen LogP contribution in [-0.4, -0.2) is 0 Å². The largest absolute Gasteiger partial charge is 0.310 e. The molecule has 0 aliphatic carbocycles. The molecule has 0 spiro atoms. The summed E-state index contributed by atoms with van der Waals surface area (Å²) in [6.45, 7) is 8.62. The Kier molecular flexibility index (Phi) is 10.3.